The molecular weight excluding hydrogens is 250 g/mol. The highest BCUT2D eigenvalue weighted by molar-refractivity contribution is 9.10. The zero-order chi connectivity index (χ0) is 10.7. The molecule has 2 heteroatoms. The number of hydrogen-bond donors (Lipinski definition) is 1. The first-order valence-electron chi connectivity index (χ1n) is 5.77. The Labute approximate surface area is 100 Å². The van der Waals surface area contributed by atoms with Crippen molar-refractivity contribution in [2.45, 2.75) is 44.7 Å². The highest BCUT2D eigenvalue weighted by atomic mass is 79.9. The van der Waals surface area contributed by atoms with E-state index >= 15 is 0 Å². The monoisotopic (exact) mass is 267 g/mol. The Kier molecular flexibility index (Phi) is 3.81. The lowest BCUT2D eigenvalue weighted by Gasteiger charge is -2.19. The molecule has 2 rings (SSSR count). The van der Waals surface area contributed by atoms with Crippen LogP contribution in [0.3, 0.4) is 0 Å². The zero-order valence-corrected chi connectivity index (χ0v) is 10.8. The molecule has 1 atom stereocenters. The number of nitrogens with one attached hydrogen (secondary N) is 1. The number of hydrogen-bond acceptors (Lipinski definition) is 1. The van der Waals surface area contributed by atoms with E-state index in [1.807, 2.05) is 0 Å². The summed E-state index contributed by atoms with van der Waals surface area (Å²) in [4.78, 5) is 0. The molecule has 1 aromatic rings. The summed E-state index contributed by atoms with van der Waals surface area (Å²) in [7, 11) is 0. The molecule has 0 aromatic heterocycles. The van der Waals surface area contributed by atoms with Gasteiger partial charge in [0.05, 0.1) is 0 Å². The summed E-state index contributed by atoms with van der Waals surface area (Å²) in [5, 5.41) is 3.70. The van der Waals surface area contributed by atoms with E-state index in [1.54, 1.807) is 0 Å². The summed E-state index contributed by atoms with van der Waals surface area (Å²) < 4.78 is 1.15. The van der Waals surface area contributed by atoms with Gasteiger partial charge in [0.2, 0.25) is 0 Å². The lowest BCUT2D eigenvalue weighted by molar-refractivity contribution is 0.461. The van der Waals surface area contributed by atoms with Gasteiger partial charge in [-0.2, -0.15) is 0 Å². The van der Waals surface area contributed by atoms with Crippen molar-refractivity contribution in [1.29, 1.82) is 0 Å². The van der Waals surface area contributed by atoms with Gasteiger partial charge in [0.25, 0.3) is 0 Å². The predicted molar refractivity (Wildman–Crippen MR) is 67.9 cm³/mol. The Morgan fingerprint density at radius 3 is 2.40 bits per heavy atom. The molecule has 1 aliphatic rings. The fraction of sp³-hybridized carbons (Fsp3) is 0.538. The molecule has 0 unspecified atom stereocenters. The molecule has 0 spiro atoms. The summed E-state index contributed by atoms with van der Waals surface area (Å²) >= 11 is 3.46. The molecule has 0 bridgehead atoms. The largest absolute Gasteiger partial charge is 0.307 e. The minimum Gasteiger partial charge on any atom is -0.307 e. The Morgan fingerprint density at radius 2 is 1.80 bits per heavy atom. The van der Waals surface area contributed by atoms with Crippen molar-refractivity contribution in [3.8, 4) is 0 Å². The third-order valence-electron chi connectivity index (χ3n) is 3.21. The van der Waals surface area contributed by atoms with Crippen LogP contribution in [0.25, 0.3) is 0 Å². The highest BCUT2D eigenvalue weighted by Crippen LogP contribution is 2.22. The normalized spacial score (nSPS) is 19.3. The second-order valence-electron chi connectivity index (χ2n) is 4.42. The maximum absolute atomic E-state index is 3.70. The molecule has 0 heterocycles. The smallest absolute Gasteiger partial charge is 0.0294 e. The Balaban J connectivity index is 1.94. The van der Waals surface area contributed by atoms with Gasteiger partial charge in [-0.05, 0) is 37.5 Å². The van der Waals surface area contributed by atoms with E-state index in [4.69, 9.17) is 0 Å². The number of benzene rings is 1. The van der Waals surface area contributed by atoms with E-state index in [2.05, 4.69) is 52.4 Å². The van der Waals surface area contributed by atoms with Crippen LogP contribution in [0.15, 0.2) is 28.7 Å². The molecule has 0 saturated heterocycles. The second-order valence-corrected chi connectivity index (χ2v) is 5.34. The molecule has 15 heavy (non-hydrogen) atoms. The van der Waals surface area contributed by atoms with Crippen LogP contribution < -0.4 is 5.32 Å². The van der Waals surface area contributed by atoms with Crippen molar-refractivity contribution < 1.29 is 0 Å². The molecular formula is C13H18BrN. The van der Waals surface area contributed by atoms with Gasteiger partial charge in [-0.3, -0.25) is 0 Å². The average molecular weight is 268 g/mol. The SMILES string of the molecule is C[C@@H](NC1CCCC1)c1ccc(Br)cc1. The van der Waals surface area contributed by atoms with Crippen LogP contribution in [-0.2, 0) is 0 Å². The van der Waals surface area contributed by atoms with E-state index < -0.39 is 0 Å². The molecule has 0 aliphatic heterocycles. The maximum atomic E-state index is 3.70. The van der Waals surface area contributed by atoms with Gasteiger partial charge in [0.15, 0.2) is 0 Å². The van der Waals surface area contributed by atoms with Gasteiger partial charge in [0.1, 0.15) is 0 Å². The molecule has 1 fully saturated rings. The van der Waals surface area contributed by atoms with Gasteiger partial charge in [-0.1, -0.05) is 40.9 Å². The van der Waals surface area contributed by atoms with Crippen LogP contribution in [0.5, 0.6) is 0 Å². The van der Waals surface area contributed by atoms with Crippen molar-refractivity contribution in [3.05, 3.63) is 34.3 Å². The number of halogens is 1. The van der Waals surface area contributed by atoms with Crippen molar-refractivity contribution >= 4 is 15.9 Å². The molecule has 82 valence electrons. The van der Waals surface area contributed by atoms with Crippen LogP contribution in [-0.4, -0.2) is 6.04 Å². The van der Waals surface area contributed by atoms with Crippen molar-refractivity contribution in [3.63, 3.8) is 0 Å². The van der Waals surface area contributed by atoms with Crippen LogP contribution in [0, 0.1) is 0 Å². The van der Waals surface area contributed by atoms with Crippen LogP contribution in [0.4, 0.5) is 0 Å². The van der Waals surface area contributed by atoms with Crippen LogP contribution in [0.1, 0.15) is 44.2 Å². The molecule has 1 nitrogen and oxygen atoms in total. The molecule has 0 radical (unpaired) electrons. The fourth-order valence-corrected chi connectivity index (χ4v) is 2.56. The molecule has 1 saturated carbocycles. The molecule has 0 amide bonds. The van der Waals surface area contributed by atoms with Gasteiger partial charge in [0, 0.05) is 16.6 Å². The summed E-state index contributed by atoms with van der Waals surface area (Å²) in [6.07, 6.45) is 5.48. The minimum atomic E-state index is 0.473. The van der Waals surface area contributed by atoms with Crippen molar-refractivity contribution in [2.24, 2.45) is 0 Å². The summed E-state index contributed by atoms with van der Waals surface area (Å²) in [6.45, 7) is 2.25. The zero-order valence-electron chi connectivity index (χ0n) is 9.17. The first-order chi connectivity index (χ1) is 7.25. The Bertz CT molecular complexity index is 301. The topological polar surface area (TPSA) is 12.0 Å². The van der Waals surface area contributed by atoms with Gasteiger partial charge < -0.3 is 5.32 Å². The number of rotatable bonds is 3. The van der Waals surface area contributed by atoms with Crippen LogP contribution >= 0.6 is 15.9 Å². The fourth-order valence-electron chi connectivity index (χ4n) is 2.29. The van der Waals surface area contributed by atoms with E-state index in [0.29, 0.717) is 6.04 Å². The molecule has 1 aromatic carbocycles. The maximum Gasteiger partial charge on any atom is 0.0294 e. The Hall–Kier alpha value is -0.340. The van der Waals surface area contributed by atoms with Crippen LogP contribution in [0.2, 0.25) is 0 Å². The van der Waals surface area contributed by atoms with E-state index in [-0.39, 0.29) is 0 Å². The summed E-state index contributed by atoms with van der Waals surface area (Å²) in [5.41, 5.74) is 1.38. The van der Waals surface area contributed by atoms with Gasteiger partial charge >= 0.3 is 0 Å². The van der Waals surface area contributed by atoms with Gasteiger partial charge in [-0.15, -0.1) is 0 Å². The summed E-state index contributed by atoms with van der Waals surface area (Å²) in [6, 6.07) is 9.82. The highest BCUT2D eigenvalue weighted by Gasteiger charge is 2.17. The van der Waals surface area contributed by atoms with Crippen molar-refractivity contribution in [2.75, 3.05) is 0 Å². The van der Waals surface area contributed by atoms with Gasteiger partial charge in [-0.25, -0.2) is 0 Å². The van der Waals surface area contributed by atoms with E-state index in [1.165, 1.54) is 31.2 Å². The standard InChI is InChI=1S/C13H18BrN/c1-10(15-13-4-2-3-5-13)11-6-8-12(14)9-7-11/h6-10,13,15H,2-5H2,1H3/t10-/m1/s1. The average Bonchev–Trinajstić information content (AvgIpc) is 2.71. The lowest BCUT2D eigenvalue weighted by atomic mass is 10.1. The summed E-state index contributed by atoms with van der Waals surface area (Å²) in [5.74, 6) is 0. The lowest BCUT2D eigenvalue weighted by Crippen LogP contribution is -2.28. The quantitative estimate of drug-likeness (QED) is 0.872. The minimum absolute atomic E-state index is 0.473. The van der Waals surface area contributed by atoms with E-state index in [9.17, 15) is 0 Å². The predicted octanol–water partition coefficient (Wildman–Crippen LogP) is 4.04. The first kappa shape index (κ1) is 11.2. The third kappa shape index (κ3) is 3.05. The second kappa shape index (κ2) is 5.13. The molecule has 1 N–H and O–H groups in total. The molecule has 1 aliphatic carbocycles. The third-order valence-corrected chi connectivity index (χ3v) is 3.74. The Morgan fingerprint density at radius 1 is 1.20 bits per heavy atom. The van der Waals surface area contributed by atoms with Crippen molar-refractivity contribution in [1.82, 2.24) is 5.32 Å². The first-order valence-corrected chi connectivity index (χ1v) is 6.56. The van der Waals surface area contributed by atoms with E-state index in [0.717, 1.165) is 10.5 Å².